The lowest BCUT2D eigenvalue weighted by molar-refractivity contribution is 0.703. The van der Waals surface area contributed by atoms with Crippen molar-refractivity contribution in [3.63, 3.8) is 0 Å². The van der Waals surface area contributed by atoms with Gasteiger partial charge < -0.3 is 5.32 Å². The van der Waals surface area contributed by atoms with Gasteiger partial charge in [0.1, 0.15) is 0 Å². The van der Waals surface area contributed by atoms with Crippen LogP contribution in [0.1, 0.15) is 61.8 Å². The molecule has 0 aromatic rings. The molecular formula is C11H31N. The molecule has 0 saturated heterocycles. The summed E-state index contributed by atoms with van der Waals surface area (Å²) in [6.07, 6.45) is 1.24. The van der Waals surface area contributed by atoms with Crippen molar-refractivity contribution in [2.75, 3.05) is 13.1 Å². The monoisotopic (exact) mass is 177 g/mol. The van der Waals surface area contributed by atoms with Crippen LogP contribution in [0.2, 0.25) is 0 Å². The summed E-state index contributed by atoms with van der Waals surface area (Å²) in [7, 11) is 0. The average molecular weight is 177 g/mol. The summed E-state index contributed by atoms with van der Waals surface area (Å²) in [5.41, 5.74) is 0. The second-order valence-electron chi connectivity index (χ2n) is 1.35. The molecule has 0 amide bonds. The molecule has 0 unspecified atom stereocenters. The molecule has 0 heterocycles. The zero-order valence-corrected chi connectivity index (χ0v) is 10.6. The summed E-state index contributed by atoms with van der Waals surface area (Å²) in [6, 6.07) is 0. The first-order valence-corrected chi connectivity index (χ1v) is 5.62. The molecule has 0 aromatic heterocycles. The van der Waals surface area contributed by atoms with Gasteiger partial charge in [-0.3, -0.25) is 0 Å². The highest BCUT2D eigenvalue weighted by atomic mass is 14.8. The molecule has 0 spiro atoms. The van der Waals surface area contributed by atoms with Crippen LogP contribution in [-0.4, -0.2) is 13.1 Å². The van der Waals surface area contributed by atoms with E-state index in [2.05, 4.69) is 19.2 Å². The molecule has 0 aromatic carbocycles. The van der Waals surface area contributed by atoms with Gasteiger partial charge in [0.25, 0.3) is 0 Å². The van der Waals surface area contributed by atoms with E-state index in [1.165, 1.54) is 6.42 Å². The normalized spacial score (nSPS) is 6.00. The molecule has 0 bridgehead atoms. The highest BCUT2D eigenvalue weighted by molar-refractivity contribution is 4.35. The fourth-order valence-electron chi connectivity index (χ4n) is 0.354. The van der Waals surface area contributed by atoms with Gasteiger partial charge in [-0.2, -0.15) is 0 Å². The SMILES string of the molecule is CC.CC.CC.CCCNCC. The predicted molar refractivity (Wildman–Crippen MR) is 62.9 cm³/mol. The third-order valence-corrected chi connectivity index (χ3v) is 0.677. The minimum absolute atomic E-state index is 1.10. The first kappa shape index (κ1) is 22.7. The summed E-state index contributed by atoms with van der Waals surface area (Å²) in [5, 5.41) is 3.20. The Morgan fingerprint density at radius 3 is 1.17 bits per heavy atom. The lowest BCUT2D eigenvalue weighted by Gasteiger charge is -1.91. The lowest BCUT2D eigenvalue weighted by Crippen LogP contribution is -2.12. The van der Waals surface area contributed by atoms with Crippen molar-refractivity contribution in [2.24, 2.45) is 0 Å². The molecule has 0 radical (unpaired) electrons. The summed E-state index contributed by atoms with van der Waals surface area (Å²) < 4.78 is 0. The van der Waals surface area contributed by atoms with Crippen molar-refractivity contribution in [2.45, 2.75) is 61.8 Å². The average Bonchev–Trinajstić information content (AvgIpc) is 2.24. The zero-order chi connectivity index (χ0) is 10.8. The quantitative estimate of drug-likeness (QED) is 0.640. The van der Waals surface area contributed by atoms with E-state index in [9.17, 15) is 0 Å². The van der Waals surface area contributed by atoms with Crippen LogP contribution in [0.4, 0.5) is 0 Å². The Morgan fingerprint density at radius 2 is 1.08 bits per heavy atom. The standard InChI is InChI=1S/C5H13N.3C2H6/c1-3-5-6-4-2;3*1-2/h6H,3-5H2,1-2H3;3*1-2H3. The van der Waals surface area contributed by atoms with Crippen LogP contribution in [0.15, 0.2) is 0 Å². The molecule has 80 valence electrons. The van der Waals surface area contributed by atoms with E-state index >= 15 is 0 Å². The second-order valence-corrected chi connectivity index (χ2v) is 1.35. The van der Waals surface area contributed by atoms with Crippen LogP contribution in [-0.2, 0) is 0 Å². The first-order valence-electron chi connectivity index (χ1n) is 5.62. The van der Waals surface area contributed by atoms with Crippen LogP contribution in [0.5, 0.6) is 0 Å². The molecule has 0 fully saturated rings. The Kier molecular flexibility index (Phi) is 131. The first-order chi connectivity index (χ1) is 5.91. The Bertz CT molecular complexity index is 17.0. The predicted octanol–water partition coefficient (Wildman–Crippen LogP) is 4.08. The van der Waals surface area contributed by atoms with Gasteiger partial charge in [0.15, 0.2) is 0 Å². The van der Waals surface area contributed by atoms with Crippen molar-refractivity contribution in [3.8, 4) is 0 Å². The van der Waals surface area contributed by atoms with Gasteiger partial charge in [0.2, 0.25) is 0 Å². The number of rotatable bonds is 3. The van der Waals surface area contributed by atoms with Crippen LogP contribution in [0.25, 0.3) is 0 Å². The maximum Gasteiger partial charge on any atom is -0.00517 e. The van der Waals surface area contributed by atoms with Crippen LogP contribution in [0.3, 0.4) is 0 Å². The van der Waals surface area contributed by atoms with Gasteiger partial charge in [0, 0.05) is 0 Å². The van der Waals surface area contributed by atoms with Crippen molar-refractivity contribution < 1.29 is 0 Å². The third-order valence-electron chi connectivity index (χ3n) is 0.677. The highest BCUT2D eigenvalue weighted by Crippen LogP contribution is 1.65. The zero-order valence-electron chi connectivity index (χ0n) is 10.6. The maximum absolute atomic E-state index is 3.20. The van der Waals surface area contributed by atoms with Gasteiger partial charge in [-0.15, -0.1) is 0 Å². The van der Waals surface area contributed by atoms with E-state index in [4.69, 9.17) is 0 Å². The summed E-state index contributed by atoms with van der Waals surface area (Å²) in [4.78, 5) is 0. The van der Waals surface area contributed by atoms with Crippen LogP contribution >= 0.6 is 0 Å². The summed E-state index contributed by atoms with van der Waals surface area (Å²) in [5.74, 6) is 0. The van der Waals surface area contributed by atoms with Crippen molar-refractivity contribution in [1.29, 1.82) is 0 Å². The number of nitrogens with one attached hydrogen (secondary N) is 1. The van der Waals surface area contributed by atoms with Crippen molar-refractivity contribution in [3.05, 3.63) is 0 Å². The maximum atomic E-state index is 3.20. The van der Waals surface area contributed by atoms with Crippen molar-refractivity contribution in [1.82, 2.24) is 5.32 Å². The van der Waals surface area contributed by atoms with E-state index in [-0.39, 0.29) is 0 Å². The molecule has 0 rings (SSSR count). The van der Waals surface area contributed by atoms with Crippen molar-refractivity contribution >= 4 is 0 Å². The van der Waals surface area contributed by atoms with Gasteiger partial charge in [-0.05, 0) is 19.5 Å². The Labute approximate surface area is 81.0 Å². The lowest BCUT2D eigenvalue weighted by atomic mass is 10.5. The van der Waals surface area contributed by atoms with Gasteiger partial charge in [-0.25, -0.2) is 0 Å². The molecule has 1 heteroatoms. The molecular weight excluding hydrogens is 146 g/mol. The van der Waals surface area contributed by atoms with Crippen LogP contribution < -0.4 is 5.32 Å². The number of hydrogen-bond acceptors (Lipinski definition) is 1. The number of hydrogen-bond donors (Lipinski definition) is 1. The fraction of sp³-hybridized carbons (Fsp3) is 1.00. The Hall–Kier alpha value is -0.0400. The fourth-order valence-corrected chi connectivity index (χ4v) is 0.354. The smallest absolute Gasteiger partial charge is 0.00517 e. The van der Waals surface area contributed by atoms with E-state index < -0.39 is 0 Å². The van der Waals surface area contributed by atoms with Gasteiger partial charge in [0.05, 0.1) is 0 Å². The van der Waals surface area contributed by atoms with Crippen LogP contribution in [0, 0.1) is 0 Å². The Morgan fingerprint density at radius 1 is 0.750 bits per heavy atom. The van der Waals surface area contributed by atoms with E-state index in [1.807, 2.05) is 41.5 Å². The molecule has 1 nitrogen and oxygen atoms in total. The minimum atomic E-state index is 1.10. The van der Waals surface area contributed by atoms with Gasteiger partial charge in [-0.1, -0.05) is 55.4 Å². The van der Waals surface area contributed by atoms with E-state index in [1.54, 1.807) is 0 Å². The molecule has 0 aliphatic heterocycles. The van der Waals surface area contributed by atoms with E-state index in [0.717, 1.165) is 13.1 Å². The summed E-state index contributed by atoms with van der Waals surface area (Å²) >= 11 is 0. The molecule has 0 saturated carbocycles. The van der Waals surface area contributed by atoms with Gasteiger partial charge >= 0.3 is 0 Å². The summed E-state index contributed by atoms with van der Waals surface area (Å²) in [6.45, 7) is 18.6. The third kappa shape index (κ3) is 91.3. The van der Waals surface area contributed by atoms with E-state index in [0.29, 0.717) is 0 Å². The molecule has 0 aliphatic rings. The molecule has 0 atom stereocenters. The molecule has 0 aliphatic carbocycles. The molecule has 12 heavy (non-hydrogen) atoms. The largest absolute Gasteiger partial charge is 0.317 e. The second kappa shape index (κ2) is 69.3. The Balaban J connectivity index is -0.0000000453. The minimum Gasteiger partial charge on any atom is -0.317 e. The highest BCUT2D eigenvalue weighted by Gasteiger charge is 1.71. The topological polar surface area (TPSA) is 12.0 Å². The molecule has 1 N–H and O–H groups in total.